The van der Waals surface area contributed by atoms with Crippen molar-refractivity contribution < 1.29 is 4.79 Å². The highest BCUT2D eigenvalue weighted by Gasteiger charge is 2.21. The van der Waals surface area contributed by atoms with E-state index in [1.807, 2.05) is 23.2 Å². The van der Waals surface area contributed by atoms with Gasteiger partial charge in [0.25, 0.3) is 0 Å². The van der Waals surface area contributed by atoms with Crippen molar-refractivity contribution in [1.82, 2.24) is 14.9 Å². The standard InChI is InChI=1S/C15H16BrN3O/c16-14-8-12-10-19(7-5-13(12)18-14)15(20)4-3-11-2-1-6-17-9-11/h1-2,6,8-9,18H,3-5,7,10H2. The summed E-state index contributed by atoms with van der Waals surface area (Å²) in [4.78, 5) is 21.6. The molecule has 1 aliphatic rings. The van der Waals surface area contributed by atoms with Crippen molar-refractivity contribution in [3.8, 4) is 0 Å². The molecule has 1 aliphatic heterocycles. The Kier molecular flexibility index (Phi) is 3.87. The molecule has 0 saturated heterocycles. The number of amides is 1. The van der Waals surface area contributed by atoms with Crippen LogP contribution in [-0.2, 0) is 24.2 Å². The van der Waals surface area contributed by atoms with Gasteiger partial charge < -0.3 is 9.88 Å². The fourth-order valence-electron chi connectivity index (χ4n) is 2.56. The van der Waals surface area contributed by atoms with Gasteiger partial charge in [0, 0.05) is 44.0 Å². The third-order valence-electron chi connectivity index (χ3n) is 3.65. The molecular formula is C15H16BrN3O. The number of carbonyl (C=O) groups excluding carboxylic acids is 1. The highest BCUT2D eigenvalue weighted by molar-refractivity contribution is 9.10. The van der Waals surface area contributed by atoms with E-state index >= 15 is 0 Å². The Labute approximate surface area is 126 Å². The van der Waals surface area contributed by atoms with Crippen molar-refractivity contribution in [1.29, 1.82) is 0 Å². The van der Waals surface area contributed by atoms with Gasteiger partial charge in [-0.3, -0.25) is 9.78 Å². The van der Waals surface area contributed by atoms with Crippen LogP contribution in [0.25, 0.3) is 0 Å². The summed E-state index contributed by atoms with van der Waals surface area (Å²) in [5.41, 5.74) is 3.58. The van der Waals surface area contributed by atoms with Gasteiger partial charge in [-0.25, -0.2) is 0 Å². The second-order valence-electron chi connectivity index (χ2n) is 5.05. The van der Waals surface area contributed by atoms with Crippen LogP contribution in [0.4, 0.5) is 0 Å². The zero-order valence-electron chi connectivity index (χ0n) is 11.1. The summed E-state index contributed by atoms with van der Waals surface area (Å²) in [7, 11) is 0. The molecule has 0 unspecified atom stereocenters. The van der Waals surface area contributed by atoms with E-state index in [-0.39, 0.29) is 5.91 Å². The Morgan fingerprint density at radius 1 is 1.50 bits per heavy atom. The van der Waals surface area contributed by atoms with Gasteiger partial charge in [-0.15, -0.1) is 0 Å². The van der Waals surface area contributed by atoms with Gasteiger partial charge in [-0.1, -0.05) is 6.07 Å². The van der Waals surface area contributed by atoms with E-state index in [2.05, 4.69) is 32.0 Å². The molecule has 0 aromatic carbocycles. The molecule has 0 saturated carbocycles. The first-order chi connectivity index (χ1) is 9.72. The third-order valence-corrected chi connectivity index (χ3v) is 4.08. The van der Waals surface area contributed by atoms with Crippen molar-refractivity contribution in [2.45, 2.75) is 25.8 Å². The van der Waals surface area contributed by atoms with E-state index in [9.17, 15) is 4.79 Å². The minimum atomic E-state index is 0.219. The molecule has 1 amide bonds. The topological polar surface area (TPSA) is 49.0 Å². The number of H-pyrrole nitrogens is 1. The fourth-order valence-corrected chi connectivity index (χ4v) is 3.08. The van der Waals surface area contributed by atoms with Gasteiger partial charge in [-0.05, 0) is 45.6 Å². The lowest BCUT2D eigenvalue weighted by atomic mass is 10.1. The smallest absolute Gasteiger partial charge is 0.223 e. The average Bonchev–Trinajstić information content (AvgIpc) is 2.85. The molecule has 5 heteroatoms. The summed E-state index contributed by atoms with van der Waals surface area (Å²) in [5, 5.41) is 0. The molecular weight excluding hydrogens is 318 g/mol. The van der Waals surface area contributed by atoms with Gasteiger partial charge in [0.1, 0.15) is 0 Å². The summed E-state index contributed by atoms with van der Waals surface area (Å²) in [6.45, 7) is 1.51. The van der Waals surface area contributed by atoms with Gasteiger partial charge in [0.2, 0.25) is 5.91 Å². The van der Waals surface area contributed by atoms with Crippen molar-refractivity contribution in [2.75, 3.05) is 6.54 Å². The molecule has 0 aliphatic carbocycles. The highest BCUT2D eigenvalue weighted by atomic mass is 79.9. The first kappa shape index (κ1) is 13.4. The minimum absolute atomic E-state index is 0.219. The van der Waals surface area contributed by atoms with E-state index in [0.29, 0.717) is 13.0 Å². The first-order valence-corrected chi connectivity index (χ1v) is 7.54. The third kappa shape index (κ3) is 2.93. The van der Waals surface area contributed by atoms with Crippen LogP contribution in [0, 0.1) is 0 Å². The van der Waals surface area contributed by atoms with Gasteiger partial charge in [-0.2, -0.15) is 0 Å². The molecule has 0 radical (unpaired) electrons. The van der Waals surface area contributed by atoms with E-state index in [1.165, 1.54) is 11.3 Å². The number of halogens is 1. The Hall–Kier alpha value is -1.62. The molecule has 4 nitrogen and oxygen atoms in total. The maximum Gasteiger partial charge on any atom is 0.223 e. The predicted molar refractivity (Wildman–Crippen MR) is 80.2 cm³/mol. The molecule has 0 bridgehead atoms. The maximum absolute atomic E-state index is 12.3. The summed E-state index contributed by atoms with van der Waals surface area (Å²) in [6, 6.07) is 5.98. The number of aromatic amines is 1. The Bertz CT molecular complexity index is 609. The van der Waals surface area contributed by atoms with E-state index in [0.717, 1.165) is 29.6 Å². The van der Waals surface area contributed by atoms with Crippen LogP contribution in [-0.4, -0.2) is 27.3 Å². The lowest BCUT2D eigenvalue weighted by Crippen LogP contribution is -2.35. The molecule has 2 aromatic heterocycles. The van der Waals surface area contributed by atoms with Crippen LogP contribution in [0.15, 0.2) is 35.2 Å². The molecule has 2 aromatic rings. The second kappa shape index (κ2) is 5.79. The molecule has 20 heavy (non-hydrogen) atoms. The van der Waals surface area contributed by atoms with Gasteiger partial charge in [0.05, 0.1) is 4.60 Å². The number of aromatic nitrogens is 2. The molecule has 3 rings (SSSR count). The second-order valence-corrected chi connectivity index (χ2v) is 5.90. The first-order valence-electron chi connectivity index (χ1n) is 6.75. The summed E-state index contributed by atoms with van der Waals surface area (Å²) in [6.07, 6.45) is 5.78. The van der Waals surface area contributed by atoms with Crippen molar-refractivity contribution in [2.24, 2.45) is 0 Å². The number of pyridine rings is 1. The number of hydrogen-bond donors (Lipinski definition) is 1. The summed E-state index contributed by atoms with van der Waals surface area (Å²) >= 11 is 3.44. The van der Waals surface area contributed by atoms with Crippen LogP contribution in [0.3, 0.4) is 0 Å². The van der Waals surface area contributed by atoms with Crippen molar-refractivity contribution in [3.05, 3.63) is 52.0 Å². The normalized spacial score (nSPS) is 14.2. The number of nitrogens with zero attached hydrogens (tertiary/aromatic N) is 2. The maximum atomic E-state index is 12.3. The number of hydrogen-bond acceptors (Lipinski definition) is 2. The van der Waals surface area contributed by atoms with Crippen LogP contribution in [0.5, 0.6) is 0 Å². The quantitative estimate of drug-likeness (QED) is 0.938. The zero-order valence-corrected chi connectivity index (χ0v) is 12.7. The number of carbonyl (C=O) groups is 1. The fraction of sp³-hybridized carbons (Fsp3) is 0.333. The molecule has 104 valence electrons. The van der Waals surface area contributed by atoms with E-state index < -0.39 is 0 Å². The molecule has 0 spiro atoms. The number of aryl methyl sites for hydroxylation is 1. The monoisotopic (exact) mass is 333 g/mol. The average molecular weight is 334 g/mol. The largest absolute Gasteiger partial charge is 0.353 e. The highest BCUT2D eigenvalue weighted by Crippen LogP contribution is 2.23. The molecule has 1 N–H and O–H groups in total. The van der Waals surface area contributed by atoms with Gasteiger partial charge in [0.15, 0.2) is 0 Å². The number of nitrogens with one attached hydrogen (secondary N) is 1. The zero-order chi connectivity index (χ0) is 13.9. The predicted octanol–water partition coefficient (Wildman–Crippen LogP) is 2.69. The van der Waals surface area contributed by atoms with E-state index in [1.54, 1.807) is 6.20 Å². The van der Waals surface area contributed by atoms with Crippen LogP contribution >= 0.6 is 15.9 Å². The Balaban J connectivity index is 1.59. The molecule has 3 heterocycles. The van der Waals surface area contributed by atoms with Crippen molar-refractivity contribution >= 4 is 21.8 Å². The lowest BCUT2D eigenvalue weighted by Gasteiger charge is -2.27. The lowest BCUT2D eigenvalue weighted by molar-refractivity contribution is -0.132. The van der Waals surface area contributed by atoms with Crippen LogP contribution in [0.1, 0.15) is 23.2 Å². The minimum Gasteiger partial charge on any atom is -0.353 e. The summed E-state index contributed by atoms with van der Waals surface area (Å²) < 4.78 is 0.993. The van der Waals surface area contributed by atoms with E-state index in [4.69, 9.17) is 0 Å². The number of rotatable bonds is 3. The number of fused-ring (bicyclic) bond motifs is 1. The molecule has 0 atom stereocenters. The van der Waals surface area contributed by atoms with Crippen molar-refractivity contribution in [3.63, 3.8) is 0 Å². The Morgan fingerprint density at radius 3 is 3.20 bits per heavy atom. The van der Waals surface area contributed by atoms with Crippen LogP contribution < -0.4 is 0 Å². The SMILES string of the molecule is O=C(CCc1cccnc1)N1CCc2[nH]c(Br)cc2C1. The summed E-state index contributed by atoms with van der Waals surface area (Å²) in [5.74, 6) is 0.219. The van der Waals surface area contributed by atoms with Gasteiger partial charge >= 0.3 is 0 Å². The van der Waals surface area contributed by atoms with Crippen LogP contribution in [0.2, 0.25) is 0 Å². The Morgan fingerprint density at radius 2 is 2.40 bits per heavy atom. The molecule has 0 fully saturated rings.